The minimum absolute atomic E-state index is 0.114. The summed E-state index contributed by atoms with van der Waals surface area (Å²) in [6.45, 7) is 1.67. The van der Waals surface area contributed by atoms with Crippen LogP contribution in [-0.2, 0) is 5.88 Å². The Morgan fingerprint density at radius 2 is 2.11 bits per heavy atom. The fourth-order valence-electron chi connectivity index (χ4n) is 1.33. The molecule has 1 aromatic carbocycles. The second-order valence-corrected chi connectivity index (χ2v) is 4.22. The Hall–Kier alpha value is -1.39. The third-order valence-electron chi connectivity index (χ3n) is 2.34. The molecule has 0 aliphatic rings. The van der Waals surface area contributed by atoms with E-state index >= 15 is 0 Å². The first-order valence-electron chi connectivity index (χ1n) is 5.11. The van der Waals surface area contributed by atoms with E-state index in [0.29, 0.717) is 16.9 Å². The quantitative estimate of drug-likeness (QED) is 0.629. The summed E-state index contributed by atoms with van der Waals surface area (Å²) in [6.07, 6.45) is 1.26. The lowest BCUT2D eigenvalue weighted by molar-refractivity contribution is 0.451. The average Bonchev–Trinajstić information content (AvgIpc) is 2.34. The number of aromatic nitrogens is 2. The summed E-state index contributed by atoms with van der Waals surface area (Å²) >= 11 is 11.6. The van der Waals surface area contributed by atoms with Crippen molar-refractivity contribution in [2.45, 2.75) is 12.8 Å². The second-order valence-electron chi connectivity index (χ2n) is 3.59. The fraction of sp³-hybridized carbons (Fsp3) is 0.167. The van der Waals surface area contributed by atoms with Crippen molar-refractivity contribution in [1.82, 2.24) is 9.97 Å². The molecule has 0 radical (unpaired) electrons. The van der Waals surface area contributed by atoms with Gasteiger partial charge in [0, 0.05) is 6.07 Å². The topological polar surface area (TPSA) is 35.0 Å². The van der Waals surface area contributed by atoms with E-state index < -0.39 is 0 Å². The van der Waals surface area contributed by atoms with Gasteiger partial charge in [-0.15, -0.1) is 11.6 Å². The number of hydrogen-bond donors (Lipinski definition) is 0. The molecule has 0 spiro atoms. The van der Waals surface area contributed by atoms with E-state index in [1.165, 1.54) is 12.4 Å². The molecule has 0 aliphatic carbocycles. The first kappa shape index (κ1) is 13.1. The number of benzene rings is 1. The largest absolute Gasteiger partial charge is 0.438 e. The number of rotatable bonds is 3. The number of alkyl halides is 1. The highest BCUT2D eigenvalue weighted by Crippen LogP contribution is 2.28. The molecular weight excluding hydrogens is 278 g/mol. The second kappa shape index (κ2) is 5.50. The van der Waals surface area contributed by atoms with Crippen LogP contribution in [0.5, 0.6) is 11.6 Å². The molecule has 1 heterocycles. The summed E-state index contributed by atoms with van der Waals surface area (Å²) < 4.78 is 18.8. The van der Waals surface area contributed by atoms with Crippen molar-refractivity contribution < 1.29 is 9.13 Å². The van der Waals surface area contributed by atoms with Crippen molar-refractivity contribution in [3.63, 3.8) is 0 Å². The van der Waals surface area contributed by atoms with E-state index in [4.69, 9.17) is 27.9 Å². The molecule has 18 heavy (non-hydrogen) atoms. The molecule has 0 bridgehead atoms. The van der Waals surface area contributed by atoms with Crippen LogP contribution in [0.25, 0.3) is 0 Å². The van der Waals surface area contributed by atoms with E-state index in [0.717, 1.165) is 0 Å². The molecule has 0 amide bonds. The van der Waals surface area contributed by atoms with Gasteiger partial charge in [0.1, 0.15) is 23.0 Å². The molecule has 6 heteroatoms. The van der Waals surface area contributed by atoms with Crippen LogP contribution in [0.4, 0.5) is 4.39 Å². The highest BCUT2D eigenvalue weighted by Gasteiger charge is 2.11. The predicted molar refractivity (Wildman–Crippen MR) is 67.8 cm³/mol. The van der Waals surface area contributed by atoms with Crippen molar-refractivity contribution in [2.24, 2.45) is 0 Å². The van der Waals surface area contributed by atoms with E-state index in [-0.39, 0.29) is 22.7 Å². The maximum absolute atomic E-state index is 13.4. The summed E-state index contributed by atoms with van der Waals surface area (Å²) in [7, 11) is 0. The van der Waals surface area contributed by atoms with Gasteiger partial charge in [-0.25, -0.2) is 14.4 Å². The van der Waals surface area contributed by atoms with Gasteiger partial charge in [-0.1, -0.05) is 17.7 Å². The minimum Gasteiger partial charge on any atom is -0.438 e. The van der Waals surface area contributed by atoms with E-state index in [9.17, 15) is 4.39 Å². The number of ether oxygens (including phenoxy) is 1. The molecule has 0 saturated heterocycles. The standard InChI is InChI=1S/C12H9Cl2FN2O/c1-7-2-3-8(4-10(7)15)18-12-9(5-13)11(14)16-6-17-12/h2-4,6H,5H2,1H3. The Bertz CT molecular complexity index is 578. The number of halogens is 3. The monoisotopic (exact) mass is 286 g/mol. The molecule has 0 N–H and O–H groups in total. The van der Waals surface area contributed by atoms with Crippen molar-refractivity contribution >= 4 is 23.2 Å². The SMILES string of the molecule is Cc1ccc(Oc2ncnc(Cl)c2CCl)cc1F. The molecule has 3 nitrogen and oxygen atoms in total. The molecule has 0 fully saturated rings. The maximum atomic E-state index is 13.4. The first-order chi connectivity index (χ1) is 8.61. The highest BCUT2D eigenvalue weighted by molar-refractivity contribution is 6.31. The fourth-order valence-corrected chi connectivity index (χ4v) is 1.83. The van der Waals surface area contributed by atoms with Gasteiger partial charge in [-0.05, 0) is 18.6 Å². The Kier molecular flexibility index (Phi) is 3.99. The summed E-state index contributed by atoms with van der Waals surface area (Å²) in [6, 6.07) is 4.55. The first-order valence-corrected chi connectivity index (χ1v) is 6.02. The van der Waals surface area contributed by atoms with Gasteiger partial charge >= 0.3 is 0 Å². The zero-order valence-electron chi connectivity index (χ0n) is 9.45. The number of nitrogens with zero attached hydrogens (tertiary/aromatic N) is 2. The van der Waals surface area contributed by atoms with Crippen LogP contribution < -0.4 is 4.74 Å². The molecule has 2 rings (SSSR count). The van der Waals surface area contributed by atoms with Gasteiger partial charge in [0.05, 0.1) is 11.4 Å². The smallest absolute Gasteiger partial charge is 0.228 e. The van der Waals surface area contributed by atoms with Gasteiger partial charge in [-0.2, -0.15) is 0 Å². The predicted octanol–water partition coefficient (Wildman–Crippen LogP) is 4.11. The lowest BCUT2D eigenvalue weighted by atomic mass is 10.2. The molecule has 94 valence electrons. The third-order valence-corrected chi connectivity index (χ3v) is 2.94. The molecule has 2 aromatic rings. The van der Waals surface area contributed by atoms with Crippen LogP contribution in [-0.4, -0.2) is 9.97 Å². The molecular formula is C12H9Cl2FN2O. The van der Waals surface area contributed by atoms with Crippen LogP contribution in [0, 0.1) is 12.7 Å². The summed E-state index contributed by atoms with van der Waals surface area (Å²) in [5, 5.41) is 0.225. The van der Waals surface area contributed by atoms with Crippen molar-refractivity contribution in [2.75, 3.05) is 0 Å². The molecule has 0 aliphatic heterocycles. The van der Waals surface area contributed by atoms with Crippen LogP contribution in [0.3, 0.4) is 0 Å². The molecule has 0 atom stereocenters. The molecule has 0 unspecified atom stereocenters. The minimum atomic E-state index is -0.347. The van der Waals surface area contributed by atoms with Crippen molar-refractivity contribution in [3.05, 3.63) is 46.6 Å². The van der Waals surface area contributed by atoms with Gasteiger partial charge in [0.15, 0.2) is 0 Å². The van der Waals surface area contributed by atoms with Gasteiger partial charge in [-0.3, -0.25) is 0 Å². The van der Waals surface area contributed by atoms with Crippen molar-refractivity contribution in [3.8, 4) is 11.6 Å². The van der Waals surface area contributed by atoms with Crippen LogP contribution in [0.15, 0.2) is 24.5 Å². The Morgan fingerprint density at radius 3 is 2.78 bits per heavy atom. The van der Waals surface area contributed by atoms with Crippen LogP contribution in [0.1, 0.15) is 11.1 Å². The lowest BCUT2D eigenvalue weighted by Crippen LogP contribution is -1.96. The number of hydrogen-bond acceptors (Lipinski definition) is 3. The molecule has 1 aromatic heterocycles. The lowest BCUT2D eigenvalue weighted by Gasteiger charge is -2.09. The van der Waals surface area contributed by atoms with E-state index in [1.54, 1.807) is 19.1 Å². The normalized spacial score (nSPS) is 10.4. The summed E-state index contributed by atoms with van der Waals surface area (Å²) in [4.78, 5) is 7.73. The summed E-state index contributed by atoms with van der Waals surface area (Å²) in [5.41, 5.74) is 1.02. The Morgan fingerprint density at radius 1 is 1.33 bits per heavy atom. The summed E-state index contributed by atoms with van der Waals surface area (Å²) in [5.74, 6) is 0.330. The maximum Gasteiger partial charge on any atom is 0.228 e. The zero-order chi connectivity index (χ0) is 13.1. The van der Waals surface area contributed by atoms with Crippen molar-refractivity contribution in [1.29, 1.82) is 0 Å². The molecule has 0 saturated carbocycles. The van der Waals surface area contributed by atoms with Crippen LogP contribution in [0.2, 0.25) is 5.15 Å². The van der Waals surface area contributed by atoms with E-state index in [2.05, 4.69) is 9.97 Å². The van der Waals surface area contributed by atoms with Gasteiger partial charge < -0.3 is 4.74 Å². The Labute approximate surface area is 114 Å². The third kappa shape index (κ3) is 2.71. The van der Waals surface area contributed by atoms with Crippen LogP contribution >= 0.6 is 23.2 Å². The highest BCUT2D eigenvalue weighted by atomic mass is 35.5. The average molecular weight is 287 g/mol. The van der Waals surface area contributed by atoms with Gasteiger partial charge in [0.25, 0.3) is 0 Å². The van der Waals surface area contributed by atoms with Gasteiger partial charge in [0.2, 0.25) is 5.88 Å². The zero-order valence-corrected chi connectivity index (χ0v) is 11.0. The Balaban J connectivity index is 2.34. The number of aryl methyl sites for hydroxylation is 1. The van der Waals surface area contributed by atoms with E-state index in [1.807, 2.05) is 0 Å².